The molecule has 2 heteroatoms. The first-order valence-corrected chi connectivity index (χ1v) is 7.39. The van der Waals surface area contributed by atoms with Gasteiger partial charge in [-0.1, -0.05) is 49.4 Å². The fourth-order valence-electron chi connectivity index (χ4n) is 3.25. The number of aliphatic hydroxyl groups is 1. The summed E-state index contributed by atoms with van der Waals surface area (Å²) in [6.07, 6.45) is 6.20. The highest BCUT2D eigenvalue weighted by atomic mass is 16.5. The molecule has 1 saturated carbocycles. The topological polar surface area (TPSA) is 29.5 Å². The number of aliphatic hydroxyl groups excluding tert-OH is 1. The van der Waals surface area contributed by atoms with Gasteiger partial charge in [-0.3, -0.25) is 0 Å². The van der Waals surface area contributed by atoms with E-state index in [4.69, 9.17) is 4.74 Å². The van der Waals surface area contributed by atoms with Crippen molar-refractivity contribution >= 4 is 0 Å². The van der Waals surface area contributed by atoms with Gasteiger partial charge in [0.2, 0.25) is 0 Å². The summed E-state index contributed by atoms with van der Waals surface area (Å²) < 4.78 is 5.82. The summed E-state index contributed by atoms with van der Waals surface area (Å²) in [5.41, 5.74) is 2.98. The molecule has 0 radical (unpaired) electrons. The summed E-state index contributed by atoms with van der Waals surface area (Å²) >= 11 is 0. The Hall–Kier alpha value is -0.860. The van der Waals surface area contributed by atoms with Crippen LogP contribution in [-0.4, -0.2) is 17.8 Å². The first-order chi connectivity index (χ1) is 9.09. The molecule has 1 unspecified atom stereocenters. The normalized spacial score (nSPS) is 20.8. The first kappa shape index (κ1) is 14.5. The van der Waals surface area contributed by atoms with Crippen molar-refractivity contribution in [1.29, 1.82) is 0 Å². The van der Waals surface area contributed by atoms with Crippen LogP contribution in [0.1, 0.15) is 61.3 Å². The molecule has 2 rings (SSSR count). The molecular formula is C17H26O2. The third kappa shape index (κ3) is 3.01. The summed E-state index contributed by atoms with van der Waals surface area (Å²) in [5, 5.41) is 10.9. The number of rotatable bonds is 3. The largest absolute Gasteiger partial charge is 0.385 e. The van der Waals surface area contributed by atoms with Gasteiger partial charge in [0, 0.05) is 7.11 Å². The lowest BCUT2D eigenvalue weighted by Crippen LogP contribution is -2.38. The molecule has 0 heterocycles. The Bertz CT molecular complexity index is 417. The highest BCUT2D eigenvalue weighted by Crippen LogP contribution is 2.41. The highest BCUT2D eigenvalue weighted by molar-refractivity contribution is 5.33. The predicted molar refractivity (Wildman–Crippen MR) is 78.3 cm³/mol. The second kappa shape index (κ2) is 6.06. The van der Waals surface area contributed by atoms with Gasteiger partial charge in [0.1, 0.15) is 6.10 Å². The van der Waals surface area contributed by atoms with Crippen LogP contribution in [0.15, 0.2) is 18.2 Å². The molecule has 0 saturated heterocycles. The molecule has 0 aromatic heterocycles. The second-order valence-electron chi connectivity index (χ2n) is 5.95. The molecule has 19 heavy (non-hydrogen) atoms. The predicted octanol–water partition coefficient (Wildman–Crippen LogP) is 4.08. The van der Waals surface area contributed by atoms with Crippen LogP contribution >= 0.6 is 0 Å². The van der Waals surface area contributed by atoms with Crippen molar-refractivity contribution in [2.24, 2.45) is 0 Å². The number of aryl methyl sites for hydroxylation is 2. The van der Waals surface area contributed by atoms with Crippen molar-refractivity contribution in [2.45, 2.75) is 64.1 Å². The van der Waals surface area contributed by atoms with Crippen LogP contribution in [0.4, 0.5) is 0 Å². The minimum Gasteiger partial charge on any atom is -0.385 e. The maximum Gasteiger partial charge on any atom is 0.108 e. The molecule has 0 aliphatic heterocycles. The van der Waals surface area contributed by atoms with Gasteiger partial charge in [-0.05, 0) is 37.8 Å². The molecule has 1 aromatic carbocycles. The molecule has 1 aliphatic rings. The Kier molecular flexibility index (Phi) is 4.64. The number of hydrogen-bond donors (Lipinski definition) is 1. The number of methoxy groups -OCH3 is 1. The Balaban J connectivity index is 2.33. The van der Waals surface area contributed by atoms with E-state index < -0.39 is 11.7 Å². The standard InChI is InChI=1S/C17H26O2/c1-13-8-9-14(2)15(12-13)16(18)17(19-3)10-6-4-5-7-11-17/h8-9,12,16,18H,4-7,10-11H2,1-3H3. The maximum atomic E-state index is 10.9. The van der Waals surface area contributed by atoms with Crippen LogP contribution in [0.3, 0.4) is 0 Å². The summed E-state index contributed by atoms with van der Waals surface area (Å²) in [6, 6.07) is 6.29. The minimum atomic E-state index is -0.518. The van der Waals surface area contributed by atoms with Crippen molar-refractivity contribution < 1.29 is 9.84 Å². The maximum absolute atomic E-state index is 10.9. The Morgan fingerprint density at radius 1 is 1.11 bits per heavy atom. The summed E-state index contributed by atoms with van der Waals surface area (Å²) in [7, 11) is 1.75. The Morgan fingerprint density at radius 3 is 2.32 bits per heavy atom. The van der Waals surface area contributed by atoms with Crippen molar-refractivity contribution in [3.63, 3.8) is 0 Å². The van der Waals surface area contributed by atoms with Gasteiger partial charge in [-0.15, -0.1) is 0 Å². The first-order valence-electron chi connectivity index (χ1n) is 7.39. The van der Waals surface area contributed by atoms with Gasteiger partial charge in [0.25, 0.3) is 0 Å². The van der Waals surface area contributed by atoms with E-state index in [1.807, 2.05) is 0 Å². The van der Waals surface area contributed by atoms with E-state index in [0.29, 0.717) is 0 Å². The van der Waals surface area contributed by atoms with Gasteiger partial charge in [0.15, 0.2) is 0 Å². The van der Waals surface area contributed by atoms with E-state index in [1.54, 1.807) is 7.11 Å². The van der Waals surface area contributed by atoms with E-state index >= 15 is 0 Å². The van der Waals surface area contributed by atoms with E-state index in [1.165, 1.54) is 18.4 Å². The monoisotopic (exact) mass is 262 g/mol. The summed E-state index contributed by atoms with van der Waals surface area (Å²) in [4.78, 5) is 0. The van der Waals surface area contributed by atoms with Crippen LogP contribution in [0.25, 0.3) is 0 Å². The van der Waals surface area contributed by atoms with Gasteiger partial charge in [-0.25, -0.2) is 0 Å². The smallest absolute Gasteiger partial charge is 0.108 e. The van der Waals surface area contributed by atoms with Crippen molar-refractivity contribution in [3.05, 3.63) is 34.9 Å². The molecule has 1 fully saturated rings. The molecule has 0 amide bonds. The summed E-state index contributed by atoms with van der Waals surface area (Å²) in [5.74, 6) is 0. The van der Waals surface area contributed by atoms with Gasteiger partial charge >= 0.3 is 0 Å². The van der Waals surface area contributed by atoms with Crippen molar-refractivity contribution in [2.75, 3.05) is 7.11 Å². The average Bonchev–Trinajstić information content (AvgIpc) is 2.67. The SMILES string of the molecule is COC1(C(O)c2cc(C)ccc2C)CCCCCC1. The van der Waals surface area contributed by atoms with Crippen molar-refractivity contribution in [3.8, 4) is 0 Å². The highest BCUT2D eigenvalue weighted by Gasteiger charge is 2.39. The number of hydrogen-bond acceptors (Lipinski definition) is 2. The molecule has 106 valence electrons. The Labute approximate surface area is 116 Å². The third-order valence-corrected chi connectivity index (χ3v) is 4.58. The molecule has 0 spiro atoms. The molecular weight excluding hydrogens is 236 g/mol. The molecule has 2 nitrogen and oxygen atoms in total. The minimum absolute atomic E-state index is 0.394. The molecule has 0 bridgehead atoms. The lowest BCUT2D eigenvalue weighted by atomic mass is 9.82. The van der Waals surface area contributed by atoms with Crippen LogP contribution < -0.4 is 0 Å². The lowest BCUT2D eigenvalue weighted by Gasteiger charge is -2.37. The fourth-order valence-corrected chi connectivity index (χ4v) is 3.25. The zero-order valence-corrected chi connectivity index (χ0v) is 12.4. The van der Waals surface area contributed by atoms with Gasteiger partial charge in [0.05, 0.1) is 5.60 Å². The fraction of sp³-hybridized carbons (Fsp3) is 0.647. The average molecular weight is 262 g/mol. The van der Waals surface area contributed by atoms with Crippen LogP contribution in [0.5, 0.6) is 0 Å². The van der Waals surface area contributed by atoms with Crippen LogP contribution in [0.2, 0.25) is 0 Å². The molecule has 1 N–H and O–H groups in total. The van der Waals surface area contributed by atoms with Gasteiger partial charge < -0.3 is 9.84 Å². The molecule has 1 atom stereocenters. The summed E-state index contributed by atoms with van der Waals surface area (Å²) in [6.45, 7) is 4.14. The van der Waals surface area contributed by atoms with Crippen molar-refractivity contribution in [1.82, 2.24) is 0 Å². The van der Waals surface area contributed by atoms with Crippen LogP contribution in [-0.2, 0) is 4.74 Å². The zero-order chi connectivity index (χ0) is 13.9. The van der Waals surface area contributed by atoms with E-state index in [2.05, 4.69) is 32.0 Å². The lowest BCUT2D eigenvalue weighted by molar-refractivity contribution is -0.114. The van der Waals surface area contributed by atoms with E-state index in [-0.39, 0.29) is 0 Å². The van der Waals surface area contributed by atoms with Gasteiger partial charge in [-0.2, -0.15) is 0 Å². The third-order valence-electron chi connectivity index (χ3n) is 4.58. The quantitative estimate of drug-likeness (QED) is 0.832. The van der Waals surface area contributed by atoms with E-state index in [0.717, 1.165) is 36.8 Å². The van der Waals surface area contributed by atoms with E-state index in [9.17, 15) is 5.11 Å². The van der Waals surface area contributed by atoms with Crippen LogP contribution in [0, 0.1) is 13.8 Å². The molecule has 1 aliphatic carbocycles. The number of benzene rings is 1. The Morgan fingerprint density at radius 2 is 1.74 bits per heavy atom. The number of ether oxygens (including phenoxy) is 1. The second-order valence-corrected chi connectivity index (χ2v) is 5.95. The zero-order valence-electron chi connectivity index (χ0n) is 12.4. The molecule has 1 aromatic rings.